The second-order valence-corrected chi connectivity index (χ2v) is 8.03. The van der Waals surface area contributed by atoms with Crippen molar-refractivity contribution in [1.82, 2.24) is 0 Å². The fourth-order valence-electron chi connectivity index (χ4n) is 4.55. The predicted molar refractivity (Wildman–Crippen MR) is 107 cm³/mol. The van der Waals surface area contributed by atoms with Gasteiger partial charge in [0.05, 0.1) is 0 Å². The lowest BCUT2D eigenvalue weighted by Crippen LogP contribution is -2.07. The van der Waals surface area contributed by atoms with E-state index in [1.165, 1.54) is 75.3 Å². The zero-order valence-electron chi connectivity index (χ0n) is 15.8. The highest BCUT2D eigenvalue weighted by Gasteiger charge is 2.16. The van der Waals surface area contributed by atoms with Crippen LogP contribution < -0.4 is 0 Å². The molecule has 25 heavy (non-hydrogen) atoms. The van der Waals surface area contributed by atoms with Crippen molar-refractivity contribution in [2.24, 2.45) is 5.92 Å². The van der Waals surface area contributed by atoms with Crippen LogP contribution in [0.5, 0.6) is 0 Å². The fraction of sp³-hybridized carbons (Fsp3) is 0.583. The van der Waals surface area contributed by atoms with Gasteiger partial charge in [-0.15, -0.1) is 0 Å². The first-order valence-electron chi connectivity index (χ1n) is 10.3. The van der Waals surface area contributed by atoms with Crippen LogP contribution in [0.3, 0.4) is 0 Å². The highest BCUT2D eigenvalue weighted by atomic mass is 19.1. The molecule has 0 radical (unpaired) electrons. The molecule has 2 aliphatic rings. The second-order valence-electron chi connectivity index (χ2n) is 8.03. The molecular formula is C24H33F. The Morgan fingerprint density at radius 2 is 1.48 bits per heavy atom. The zero-order chi connectivity index (χ0) is 17.5. The van der Waals surface area contributed by atoms with Crippen molar-refractivity contribution < 1.29 is 4.39 Å². The molecule has 2 saturated carbocycles. The zero-order valence-corrected chi connectivity index (χ0v) is 15.8. The van der Waals surface area contributed by atoms with Crippen molar-refractivity contribution >= 4 is 5.57 Å². The Labute approximate surface area is 153 Å². The van der Waals surface area contributed by atoms with Crippen LogP contribution in [-0.4, -0.2) is 6.67 Å². The van der Waals surface area contributed by atoms with Gasteiger partial charge in [0, 0.05) is 0 Å². The molecule has 1 aromatic rings. The largest absolute Gasteiger partial charge is 0.246 e. The third-order valence-electron chi connectivity index (χ3n) is 6.30. The van der Waals surface area contributed by atoms with Crippen LogP contribution in [0.25, 0.3) is 5.57 Å². The number of rotatable bonds is 5. The lowest BCUT2D eigenvalue weighted by atomic mass is 9.83. The van der Waals surface area contributed by atoms with Gasteiger partial charge in [-0.25, -0.2) is 4.39 Å². The minimum absolute atomic E-state index is 0.392. The maximum atomic E-state index is 13.6. The van der Waals surface area contributed by atoms with E-state index >= 15 is 0 Å². The van der Waals surface area contributed by atoms with Crippen molar-refractivity contribution in [3.63, 3.8) is 0 Å². The lowest BCUT2D eigenvalue weighted by molar-refractivity contribution is 0.403. The lowest BCUT2D eigenvalue weighted by Gasteiger charge is -2.22. The summed E-state index contributed by atoms with van der Waals surface area (Å²) in [5, 5.41) is 0. The highest BCUT2D eigenvalue weighted by molar-refractivity contribution is 5.68. The highest BCUT2D eigenvalue weighted by Crippen LogP contribution is 2.33. The van der Waals surface area contributed by atoms with Crippen LogP contribution in [-0.2, 0) is 0 Å². The molecule has 0 atom stereocenters. The molecule has 0 nitrogen and oxygen atoms in total. The third kappa shape index (κ3) is 5.06. The summed E-state index contributed by atoms with van der Waals surface area (Å²) in [6.45, 7) is 1.83. The molecule has 0 amide bonds. The molecule has 1 heteroatoms. The van der Waals surface area contributed by atoms with Gasteiger partial charge in [-0.3, -0.25) is 0 Å². The molecule has 0 aliphatic heterocycles. The second kappa shape index (κ2) is 9.36. The standard InChI is InChI=1S/C24H33F/c1-19(20-8-4-2-5-9-20)12-13-24(18-25)23-16-14-22(15-17-23)21-10-6-3-7-11-21/h12-17,20-21H,2-11,18H2,1H3/b19-12+,24-13+. The van der Waals surface area contributed by atoms with E-state index in [1.807, 2.05) is 6.08 Å². The number of hydrogen-bond donors (Lipinski definition) is 0. The minimum atomic E-state index is -0.392. The molecule has 0 heterocycles. The summed E-state index contributed by atoms with van der Waals surface area (Å²) in [6, 6.07) is 8.71. The van der Waals surface area contributed by atoms with E-state index in [9.17, 15) is 4.39 Å². The van der Waals surface area contributed by atoms with Crippen LogP contribution in [0.2, 0.25) is 0 Å². The molecule has 2 fully saturated rings. The molecule has 2 aliphatic carbocycles. The first-order chi connectivity index (χ1) is 12.3. The maximum absolute atomic E-state index is 13.6. The van der Waals surface area contributed by atoms with Gasteiger partial charge >= 0.3 is 0 Å². The third-order valence-corrected chi connectivity index (χ3v) is 6.30. The van der Waals surface area contributed by atoms with Gasteiger partial charge in [-0.1, -0.05) is 80.5 Å². The van der Waals surface area contributed by atoms with E-state index in [0.29, 0.717) is 11.8 Å². The van der Waals surface area contributed by atoms with Crippen LogP contribution in [0.15, 0.2) is 42.0 Å². The summed E-state index contributed by atoms with van der Waals surface area (Å²) in [7, 11) is 0. The Morgan fingerprint density at radius 1 is 0.880 bits per heavy atom. The Bertz CT molecular complexity index is 581. The maximum Gasteiger partial charge on any atom is 0.115 e. The summed E-state index contributed by atoms with van der Waals surface area (Å²) in [6.07, 6.45) is 17.6. The Balaban J connectivity index is 1.69. The monoisotopic (exact) mass is 340 g/mol. The van der Waals surface area contributed by atoms with Gasteiger partial charge in [-0.05, 0) is 61.1 Å². The number of allylic oxidation sites excluding steroid dienone is 4. The summed E-state index contributed by atoms with van der Waals surface area (Å²) in [4.78, 5) is 0. The van der Waals surface area contributed by atoms with Crippen molar-refractivity contribution in [3.8, 4) is 0 Å². The molecule has 136 valence electrons. The number of halogens is 1. The van der Waals surface area contributed by atoms with E-state index in [-0.39, 0.29) is 0 Å². The van der Waals surface area contributed by atoms with Crippen LogP contribution in [0.1, 0.15) is 88.2 Å². The predicted octanol–water partition coefficient (Wildman–Crippen LogP) is 7.61. The van der Waals surface area contributed by atoms with E-state index in [0.717, 1.165) is 11.1 Å². The molecule has 0 unspecified atom stereocenters. The van der Waals surface area contributed by atoms with Gasteiger partial charge in [0.25, 0.3) is 0 Å². The first kappa shape index (κ1) is 18.4. The number of alkyl halides is 1. The molecule has 0 bridgehead atoms. The van der Waals surface area contributed by atoms with Gasteiger partial charge in [0.15, 0.2) is 0 Å². The normalized spacial score (nSPS) is 21.5. The molecule has 0 spiro atoms. The first-order valence-corrected chi connectivity index (χ1v) is 10.3. The Morgan fingerprint density at radius 3 is 2.08 bits per heavy atom. The summed E-state index contributed by atoms with van der Waals surface area (Å²) in [5.74, 6) is 1.42. The number of hydrogen-bond acceptors (Lipinski definition) is 0. The molecule has 3 rings (SSSR count). The van der Waals surface area contributed by atoms with Crippen molar-refractivity contribution in [3.05, 3.63) is 53.1 Å². The fourth-order valence-corrected chi connectivity index (χ4v) is 4.55. The van der Waals surface area contributed by atoms with Crippen molar-refractivity contribution in [2.45, 2.75) is 77.0 Å². The average Bonchev–Trinajstić information content (AvgIpc) is 2.70. The van der Waals surface area contributed by atoms with Gasteiger partial charge in [0.2, 0.25) is 0 Å². The summed E-state index contributed by atoms with van der Waals surface area (Å²) in [5.41, 5.74) is 4.71. The van der Waals surface area contributed by atoms with E-state index in [1.54, 1.807) is 0 Å². The van der Waals surface area contributed by atoms with Crippen molar-refractivity contribution in [1.29, 1.82) is 0 Å². The average molecular weight is 341 g/mol. The number of benzene rings is 1. The van der Waals surface area contributed by atoms with E-state index in [4.69, 9.17) is 0 Å². The van der Waals surface area contributed by atoms with Gasteiger partial charge in [-0.2, -0.15) is 0 Å². The molecule has 0 aromatic heterocycles. The topological polar surface area (TPSA) is 0 Å². The molecule has 1 aromatic carbocycles. The molecule has 0 N–H and O–H groups in total. The van der Waals surface area contributed by atoms with Crippen LogP contribution in [0, 0.1) is 5.92 Å². The van der Waals surface area contributed by atoms with Crippen LogP contribution in [0.4, 0.5) is 4.39 Å². The van der Waals surface area contributed by atoms with Gasteiger partial charge in [0.1, 0.15) is 6.67 Å². The summed E-state index contributed by atoms with van der Waals surface area (Å²) >= 11 is 0. The smallest absolute Gasteiger partial charge is 0.115 e. The SMILES string of the molecule is C/C(=C\C=C(/CF)c1ccc(C2CCCCC2)cc1)C1CCCCC1. The van der Waals surface area contributed by atoms with E-state index in [2.05, 4.69) is 37.3 Å². The summed E-state index contributed by atoms with van der Waals surface area (Å²) < 4.78 is 13.6. The quantitative estimate of drug-likeness (QED) is 0.484. The Kier molecular flexibility index (Phi) is 6.90. The molecule has 0 saturated heterocycles. The minimum Gasteiger partial charge on any atom is -0.246 e. The van der Waals surface area contributed by atoms with Gasteiger partial charge < -0.3 is 0 Å². The van der Waals surface area contributed by atoms with Crippen LogP contribution >= 0.6 is 0 Å². The van der Waals surface area contributed by atoms with E-state index < -0.39 is 6.67 Å². The van der Waals surface area contributed by atoms with Crippen molar-refractivity contribution in [2.75, 3.05) is 6.67 Å². The molecular weight excluding hydrogens is 307 g/mol. The Hall–Kier alpha value is -1.37.